The maximum Gasteiger partial charge on any atom is 0.348 e. The largest absolute Gasteiger partial charge is 0.462 e. The van der Waals surface area contributed by atoms with Gasteiger partial charge in [-0.3, -0.25) is 14.2 Å². The Kier molecular flexibility index (Phi) is 6.04. The van der Waals surface area contributed by atoms with Crippen molar-refractivity contribution in [3.05, 3.63) is 57.0 Å². The number of aromatic nitrogens is 2. The molecule has 0 radical (unpaired) electrons. The second kappa shape index (κ2) is 8.67. The third kappa shape index (κ3) is 4.33. The van der Waals surface area contributed by atoms with Crippen molar-refractivity contribution in [2.45, 2.75) is 26.8 Å². The number of thiophene rings is 1. The fourth-order valence-corrected chi connectivity index (χ4v) is 3.85. The van der Waals surface area contributed by atoms with Crippen LogP contribution in [0.2, 0.25) is 0 Å². The third-order valence-electron chi connectivity index (χ3n) is 4.21. The molecule has 1 aromatic carbocycles. The first-order chi connectivity index (χ1) is 13.9. The molecule has 0 saturated carbocycles. The van der Waals surface area contributed by atoms with E-state index in [0.717, 1.165) is 16.9 Å². The minimum atomic E-state index is -0.489. The number of hydrogen-bond acceptors (Lipinski definition) is 7. The predicted molar refractivity (Wildman–Crippen MR) is 109 cm³/mol. The van der Waals surface area contributed by atoms with Crippen molar-refractivity contribution < 1.29 is 14.3 Å². The molecule has 29 heavy (non-hydrogen) atoms. The number of ether oxygens (including phenoxy) is 1. The van der Waals surface area contributed by atoms with E-state index < -0.39 is 5.97 Å². The Bertz CT molecular complexity index is 1170. The molecule has 0 spiro atoms. The summed E-state index contributed by atoms with van der Waals surface area (Å²) in [4.78, 5) is 42.2. The molecule has 0 atom stereocenters. The number of carbonyl (C=O) groups is 2. The summed E-state index contributed by atoms with van der Waals surface area (Å²) in [5.74, 6) is -0.878. The number of anilines is 1. The molecule has 0 aliphatic rings. The van der Waals surface area contributed by atoms with E-state index in [1.807, 2.05) is 0 Å². The molecule has 0 aliphatic carbocycles. The second-order valence-corrected chi connectivity index (χ2v) is 7.21. The Labute approximate surface area is 170 Å². The highest BCUT2D eigenvalue weighted by Gasteiger charge is 2.20. The van der Waals surface area contributed by atoms with Crippen molar-refractivity contribution >= 4 is 39.1 Å². The number of carbonyl (C=O) groups excluding carboxylic acids is 2. The number of fused-ring (bicyclic) bond motifs is 1. The number of amides is 1. The fraction of sp³-hybridized carbons (Fsp3) is 0.250. The van der Waals surface area contributed by atoms with Crippen molar-refractivity contribution in [1.29, 1.82) is 5.26 Å². The Morgan fingerprint density at radius 3 is 2.69 bits per heavy atom. The van der Waals surface area contributed by atoms with Crippen LogP contribution in [0.25, 0.3) is 10.2 Å². The van der Waals surface area contributed by atoms with E-state index in [0.29, 0.717) is 32.8 Å². The summed E-state index contributed by atoms with van der Waals surface area (Å²) in [5, 5.41) is 11.7. The lowest BCUT2D eigenvalue weighted by atomic mass is 10.1. The fourth-order valence-electron chi connectivity index (χ4n) is 2.82. The van der Waals surface area contributed by atoms with Crippen molar-refractivity contribution in [2.75, 3.05) is 11.9 Å². The first-order valence-corrected chi connectivity index (χ1v) is 9.67. The van der Waals surface area contributed by atoms with Gasteiger partial charge in [0.1, 0.15) is 16.3 Å². The predicted octanol–water partition coefficient (Wildman–Crippen LogP) is 2.65. The molecule has 3 rings (SSSR count). The Morgan fingerprint density at radius 2 is 2.03 bits per heavy atom. The van der Waals surface area contributed by atoms with E-state index in [1.54, 1.807) is 38.1 Å². The lowest BCUT2D eigenvalue weighted by Gasteiger charge is -2.08. The van der Waals surface area contributed by atoms with Crippen LogP contribution in [0.1, 0.15) is 27.7 Å². The third-order valence-corrected chi connectivity index (χ3v) is 5.39. The average molecular weight is 410 g/mol. The van der Waals surface area contributed by atoms with Gasteiger partial charge >= 0.3 is 5.97 Å². The standard InChI is InChI=1S/C20H18N4O4S/c1-3-28-20(27)17-12(2)16-18(29-17)22-11-24(19(16)26)10-15(25)23-14-6-4-13(5-7-14)8-9-21/h4-7,11H,3,8,10H2,1-2H3,(H,23,25). The summed E-state index contributed by atoms with van der Waals surface area (Å²) in [6.45, 7) is 3.40. The molecule has 1 N–H and O–H groups in total. The number of nitriles is 1. The summed E-state index contributed by atoms with van der Waals surface area (Å²) >= 11 is 1.10. The summed E-state index contributed by atoms with van der Waals surface area (Å²) in [5.41, 5.74) is 1.53. The number of aryl methyl sites for hydroxylation is 1. The van der Waals surface area contributed by atoms with Crippen LogP contribution in [0, 0.1) is 18.3 Å². The van der Waals surface area contributed by atoms with Crippen molar-refractivity contribution in [1.82, 2.24) is 9.55 Å². The van der Waals surface area contributed by atoms with E-state index in [2.05, 4.69) is 16.4 Å². The first-order valence-electron chi connectivity index (χ1n) is 8.86. The second-order valence-electron chi connectivity index (χ2n) is 6.21. The van der Waals surface area contributed by atoms with E-state index in [4.69, 9.17) is 10.00 Å². The molecule has 2 heterocycles. The topological polar surface area (TPSA) is 114 Å². The van der Waals surface area contributed by atoms with Crippen LogP contribution >= 0.6 is 11.3 Å². The van der Waals surface area contributed by atoms with Gasteiger partial charge in [0.15, 0.2) is 0 Å². The Morgan fingerprint density at radius 1 is 1.31 bits per heavy atom. The molecule has 2 aromatic heterocycles. The van der Waals surface area contributed by atoms with Gasteiger partial charge in [-0.1, -0.05) is 12.1 Å². The van der Waals surface area contributed by atoms with Crippen LogP contribution in [0.15, 0.2) is 35.4 Å². The maximum atomic E-state index is 12.8. The highest BCUT2D eigenvalue weighted by molar-refractivity contribution is 7.20. The number of nitrogens with zero attached hydrogens (tertiary/aromatic N) is 3. The normalized spacial score (nSPS) is 10.5. The molecule has 0 unspecified atom stereocenters. The van der Waals surface area contributed by atoms with Gasteiger partial charge in [-0.25, -0.2) is 9.78 Å². The molecule has 0 bridgehead atoms. The molecule has 0 fully saturated rings. The zero-order valence-electron chi connectivity index (χ0n) is 15.9. The minimum Gasteiger partial charge on any atom is -0.462 e. The molecular formula is C20H18N4O4S. The van der Waals surface area contributed by atoms with Crippen LogP contribution in [-0.2, 0) is 22.5 Å². The summed E-state index contributed by atoms with van der Waals surface area (Å²) in [7, 11) is 0. The highest BCUT2D eigenvalue weighted by atomic mass is 32.1. The van der Waals surface area contributed by atoms with Crippen molar-refractivity contribution in [2.24, 2.45) is 0 Å². The van der Waals surface area contributed by atoms with Crippen LogP contribution in [0.3, 0.4) is 0 Å². The summed E-state index contributed by atoms with van der Waals surface area (Å²) in [6, 6.07) is 8.96. The quantitative estimate of drug-likeness (QED) is 0.625. The van der Waals surface area contributed by atoms with E-state index in [9.17, 15) is 14.4 Å². The number of nitrogens with one attached hydrogen (secondary N) is 1. The van der Waals surface area contributed by atoms with Crippen molar-refractivity contribution in [3.63, 3.8) is 0 Å². The number of benzene rings is 1. The average Bonchev–Trinajstić information content (AvgIpc) is 3.03. The summed E-state index contributed by atoms with van der Waals surface area (Å²) < 4.78 is 6.22. The van der Waals surface area contributed by atoms with Gasteiger partial charge < -0.3 is 10.1 Å². The molecule has 148 valence electrons. The zero-order valence-corrected chi connectivity index (χ0v) is 16.7. The smallest absolute Gasteiger partial charge is 0.348 e. The van der Waals surface area contributed by atoms with Crippen LogP contribution < -0.4 is 10.9 Å². The zero-order chi connectivity index (χ0) is 21.0. The summed E-state index contributed by atoms with van der Waals surface area (Å²) in [6.07, 6.45) is 1.59. The number of rotatable bonds is 6. The van der Waals surface area contributed by atoms with Gasteiger partial charge in [0, 0.05) is 5.69 Å². The van der Waals surface area contributed by atoms with Crippen LogP contribution in [-0.4, -0.2) is 28.0 Å². The van der Waals surface area contributed by atoms with Gasteiger partial charge in [0.25, 0.3) is 5.56 Å². The Balaban J connectivity index is 1.81. The van der Waals surface area contributed by atoms with Gasteiger partial charge in [0.05, 0.1) is 30.8 Å². The molecule has 9 heteroatoms. The number of hydrogen-bond donors (Lipinski definition) is 1. The highest BCUT2D eigenvalue weighted by Crippen LogP contribution is 2.27. The van der Waals surface area contributed by atoms with E-state index in [1.165, 1.54) is 10.9 Å². The Hall–Kier alpha value is -3.51. The van der Waals surface area contributed by atoms with Gasteiger partial charge in [0.2, 0.25) is 5.91 Å². The molecule has 3 aromatic rings. The molecular weight excluding hydrogens is 392 g/mol. The van der Waals surface area contributed by atoms with E-state index in [-0.39, 0.29) is 24.6 Å². The van der Waals surface area contributed by atoms with Crippen LogP contribution in [0.4, 0.5) is 5.69 Å². The first kappa shape index (κ1) is 20.2. The van der Waals surface area contributed by atoms with Crippen molar-refractivity contribution in [3.8, 4) is 6.07 Å². The van der Waals surface area contributed by atoms with Gasteiger partial charge in [-0.2, -0.15) is 5.26 Å². The molecule has 0 saturated heterocycles. The molecule has 1 amide bonds. The monoisotopic (exact) mass is 410 g/mol. The SMILES string of the molecule is CCOC(=O)c1sc2ncn(CC(=O)Nc3ccc(CC#N)cc3)c(=O)c2c1C. The molecule has 0 aliphatic heterocycles. The minimum absolute atomic E-state index is 0.217. The van der Waals surface area contributed by atoms with E-state index >= 15 is 0 Å². The van der Waals surface area contributed by atoms with Gasteiger partial charge in [-0.15, -0.1) is 11.3 Å². The maximum absolute atomic E-state index is 12.8. The van der Waals surface area contributed by atoms with Crippen LogP contribution in [0.5, 0.6) is 0 Å². The van der Waals surface area contributed by atoms with Gasteiger partial charge in [-0.05, 0) is 37.1 Å². The lowest BCUT2D eigenvalue weighted by Crippen LogP contribution is -2.27. The number of esters is 1. The lowest BCUT2D eigenvalue weighted by molar-refractivity contribution is -0.116. The molecule has 8 nitrogen and oxygen atoms in total.